The second-order valence-electron chi connectivity index (χ2n) is 9.57. The fourth-order valence-electron chi connectivity index (χ4n) is 5.06. The van der Waals surface area contributed by atoms with Crippen molar-refractivity contribution in [2.24, 2.45) is 4.99 Å². The van der Waals surface area contributed by atoms with Gasteiger partial charge in [0, 0.05) is 17.1 Å². The molecule has 0 bridgehead atoms. The van der Waals surface area contributed by atoms with Crippen molar-refractivity contribution in [1.29, 1.82) is 0 Å². The molecule has 4 aromatic rings. The third kappa shape index (κ3) is 4.76. The summed E-state index contributed by atoms with van der Waals surface area (Å²) in [6.07, 6.45) is 1.92. The van der Waals surface area contributed by atoms with E-state index in [-0.39, 0.29) is 12.2 Å². The summed E-state index contributed by atoms with van der Waals surface area (Å²) in [5.41, 5.74) is 6.83. The summed E-state index contributed by atoms with van der Waals surface area (Å²) < 4.78 is 15.0. The molecule has 1 aliphatic rings. The van der Waals surface area contributed by atoms with Gasteiger partial charge in [-0.3, -0.25) is 9.36 Å². The number of nitrogens with zero attached hydrogens (tertiary/aromatic N) is 3. The Morgan fingerprint density at radius 1 is 1.05 bits per heavy atom. The smallest absolute Gasteiger partial charge is 0.338 e. The zero-order chi connectivity index (χ0) is 27.8. The average molecular weight is 542 g/mol. The first-order valence-corrected chi connectivity index (χ1v) is 13.6. The molecule has 39 heavy (non-hydrogen) atoms. The van der Waals surface area contributed by atoms with E-state index in [0.717, 1.165) is 28.2 Å². The fraction of sp³-hybridized carbons (Fsp3) is 0.258. The third-order valence-corrected chi connectivity index (χ3v) is 7.98. The number of aryl methyl sites for hydroxylation is 2. The molecule has 1 atom stereocenters. The first kappa shape index (κ1) is 26.4. The van der Waals surface area contributed by atoms with Crippen LogP contribution in [-0.4, -0.2) is 28.8 Å². The molecule has 0 aliphatic carbocycles. The molecule has 3 heterocycles. The number of hydrogen-bond donors (Lipinski definition) is 0. The Kier molecular flexibility index (Phi) is 7.14. The van der Waals surface area contributed by atoms with Gasteiger partial charge in [0.25, 0.3) is 5.56 Å². The summed E-state index contributed by atoms with van der Waals surface area (Å²) in [7, 11) is 1.60. The molecule has 0 saturated carbocycles. The van der Waals surface area contributed by atoms with Crippen molar-refractivity contribution in [3.63, 3.8) is 0 Å². The molecule has 0 fully saturated rings. The number of carbonyl (C=O) groups is 1. The number of rotatable bonds is 6. The van der Waals surface area contributed by atoms with Crippen molar-refractivity contribution < 1.29 is 14.3 Å². The first-order valence-electron chi connectivity index (χ1n) is 12.8. The van der Waals surface area contributed by atoms with Crippen LogP contribution in [0.1, 0.15) is 48.0 Å². The Morgan fingerprint density at radius 3 is 2.38 bits per heavy atom. The van der Waals surface area contributed by atoms with E-state index in [9.17, 15) is 9.59 Å². The van der Waals surface area contributed by atoms with Crippen LogP contribution in [0.2, 0.25) is 0 Å². The second kappa shape index (κ2) is 10.5. The number of ether oxygens (including phenoxy) is 2. The largest absolute Gasteiger partial charge is 0.497 e. The molecule has 2 aromatic carbocycles. The minimum Gasteiger partial charge on any atom is -0.497 e. The maximum Gasteiger partial charge on any atom is 0.338 e. The Morgan fingerprint density at radius 2 is 1.74 bits per heavy atom. The molecule has 0 N–H and O–H groups in total. The molecule has 2 aromatic heterocycles. The Labute approximate surface area is 231 Å². The number of hydrogen-bond acceptors (Lipinski definition) is 6. The number of carbonyl (C=O) groups excluding carboxylic acids is 1. The molecule has 0 spiro atoms. The van der Waals surface area contributed by atoms with Crippen LogP contribution >= 0.6 is 11.3 Å². The molecule has 0 radical (unpaired) electrons. The lowest BCUT2D eigenvalue weighted by Crippen LogP contribution is -2.39. The normalized spacial score (nSPS) is 15.2. The Hall–Kier alpha value is -4.17. The number of aromatic nitrogens is 2. The number of fused-ring (bicyclic) bond motifs is 1. The van der Waals surface area contributed by atoms with E-state index in [1.807, 2.05) is 30.3 Å². The Bertz CT molecular complexity index is 1770. The number of methoxy groups -OCH3 is 1. The topological polar surface area (TPSA) is 74.8 Å². The highest BCUT2D eigenvalue weighted by Crippen LogP contribution is 2.31. The van der Waals surface area contributed by atoms with Crippen LogP contribution in [0.15, 0.2) is 75.7 Å². The van der Waals surface area contributed by atoms with E-state index >= 15 is 0 Å². The van der Waals surface area contributed by atoms with E-state index in [2.05, 4.69) is 60.7 Å². The maximum atomic E-state index is 13.9. The lowest BCUT2D eigenvalue weighted by molar-refractivity contribution is -0.139. The quantitative estimate of drug-likeness (QED) is 0.337. The lowest BCUT2D eigenvalue weighted by atomic mass is 9.96. The number of thiazole rings is 1. The van der Waals surface area contributed by atoms with Crippen molar-refractivity contribution in [2.75, 3.05) is 13.7 Å². The predicted molar refractivity (Wildman–Crippen MR) is 153 cm³/mol. The number of benzene rings is 2. The summed E-state index contributed by atoms with van der Waals surface area (Å²) in [6.45, 7) is 9.96. The fourth-order valence-corrected chi connectivity index (χ4v) is 6.10. The monoisotopic (exact) mass is 541 g/mol. The highest BCUT2D eigenvalue weighted by Gasteiger charge is 2.33. The van der Waals surface area contributed by atoms with Gasteiger partial charge in [0.15, 0.2) is 4.80 Å². The molecule has 200 valence electrons. The van der Waals surface area contributed by atoms with Crippen LogP contribution in [0.3, 0.4) is 0 Å². The van der Waals surface area contributed by atoms with Crippen molar-refractivity contribution >= 4 is 23.4 Å². The van der Waals surface area contributed by atoms with Crippen molar-refractivity contribution in [3.8, 4) is 11.4 Å². The molecule has 7 nitrogen and oxygen atoms in total. The zero-order valence-electron chi connectivity index (χ0n) is 22.9. The SMILES string of the molecule is CCOC(=O)C1=C(C)N=c2s/c(=C/c3cc(C)n(-c4ccc(C)cc4)c3C)c(=O)n2C1c1ccc(OC)cc1. The predicted octanol–water partition coefficient (Wildman–Crippen LogP) is 4.52. The van der Waals surface area contributed by atoms with E-state index < -0.39 is 12.0 Å². The van der Waals surface area contributed by atoms with Gasteiger partial charge >= 0.3 is 5.97 Å². The zero-order valence-corrected chi connectivity index (χ0v) is 23.8. The van der Waals surface area contributed by atoms with Gasteiger partial charge in [-0.15, -0.1) is 0 Å². The van der Waals surface area contributed by atoms with E-state index in [1.165, 1.54) is 16.9 Å². The van der Waals surface area contributed by atoms with Crippen LogP contribution in [0.4, 0.5) is 0 Å². The van der Waals surface area contributed by atoms with Gasteiger partial charge in [0.1, 0.15) is 5.75 Å². The summed E-state index contributed by atoms with van der Waals surface area (Å²) in [5.74, 6) is 0.212. The van der Waals surface area contributed by atoms with Gasteiger partial charge in [0.05, 0.1) is 35.6 Å². The summed E-state index contributed by atoms with van der Waals surface area (Å²) in [5, 5.41) is 0. The summed E-state index contributed by atoms with van der Waals surface area (Å²) >= 11 is 1.32. The van der Waals surface area contributed by atoms with Gasteiger partial charge in [0.2, 0.25) is 0 Å². The van der Waals surface area contributed by atoms with E-state index in [4.69, 9.17) is 9.47 Å². The number of esters is 1. The van der Waals surface area contributed by atoms with Crippen LogP contribution in [-0.2, 0) is 9.53 Å². The van der Waals surface area contributed by atoms with Gasteiger partial charge in [-0.2, -0.15) is 0 Å². The van der Waals surface area contributed by atoms with E-state index in [0.29, 0.717) is 26.4 Å². The van der Waals surface area contributed by atoms with Crippen LogP contribution in [0.5, 0.6) is 5.75 Å². The molecule has 0 saturated heterocycles. The van der Waals surface area contributed by atoms with Crippen molar-refractivity contribution in [2.45, 2.75) is 40.7 Å². The molecule has 1 unspecified atom stereocenters. The molecule has 5 rings (SSSR count). The Balaban J connectivity index is 1.68. The molecular formula is C31H31N3O4S. The van der Waals surface area contributed by atoms with Gasteiger partial charge in [-0.25, -0.2) is 9.79 Å². The van der Waals surface area contributed by atoms with E-state index in [1.54, 1.807) is 25.5 Å². The van der Waals surface area contributed by atoms with Gasteiger partial charge < -0.3 is 14.0 Å². The number of allylic oxidation sites excluding steroid dienone is 1. The minimum atomic E-state index is -0.659. The van der Waals surface area contributed by atoms with Gasteiger partial charge in [-0.05, 0) is 82.2 Å². The molecule has 1 aliphatic heterocycles. The standard InChI is InChI=1S/C31H31N3O4S/c1-7-38-30(36)27-20(4)32-31-34(28(27)22-10-14-25(37-6)15-11-22)29(35)26(39-31)17-23-16-19(3)33(21(23)5)24-12-8-18(2)9-13-24/h8-17,28H,7H2,1-6H3/b26-17+. The van der Waals surface area contributed by atoms with Crippen molar-refractivity contribution in [1.82, 2.24) is 9.13 Å². The van der Waals surface area contributed by atoms with Gasteiger partial charge in [-0.1, -0.05) is 41.2 Å². The minimum absolute atomic E-state index is 0.200. The van der Waals surface area contributed by atoms with Crippen LogP contribution in [0.25, 0.3) is 11.8 Å². The highest BCUT2D eigenvalue weighted by atomic mass is 32.1. The third-order valence-electron chi connectivity index (χ3n) is 7.00. The highest BCUT2D eigenvalue weighted by molar-refractivity contribution is 7.07. The first-order chi connectivity index (χ1) is 18.7. The van der Waals surface area contributed by atoms with Crippen LogP contribution < -0.4 is 19.6 Å². The summed E-state index contributed by atoms with van der Waals surface area (Å²) in [4.78, 5) is 32.3. The van der Waals surface area contributed by atoms with Crippen molar-refractivity contribution in [3.05, 3.63) is 114 Å². The second-order valence-corrected chi connectivity index (χ2v) is 10.6. The molecule has 8 heteroatoms. The molecular weight excluding hydrogens is 510 g/mol. The maximum absolute atomic E-state index is 13.9. The summed E-state index contributed by atoms with van der Waals surface area (Å²) in [6, 6.07) is 17.2. The average Bonchev–Trinajstić information content (AvgIpc) is 3.38. The molecule has 0 amide bonds. The lowest BCUT2D eigenvalue weighted by Gasteiger charge is -2.24. The van der Waals surface area contributed by atoms with Crippen LogP contribution in [0, 0.1) is 20.8 Å².